The number of urea groups is 1. The zero-order valence-corrected chi connectivity index (χ0v) is 32.4. The van der Waals surface area contributed by atoms with Gasteiger partial charge in [0.25, 0.3) is 5.91 Å². The van der Waals surface area contributed by atoms with Crippen LogP contribution in [-0.2, 0) is 16.1 Å². The second-order valence-electron chi connectivity index (χ2n) is 16.6. The van der Waals surface area contributed by atoms with Crippen molar-refractivity contribution in [3.05, 3.63) is 59.4 Å². The van der Waals surface area contributed by atoms with E-state index in [-0.39, 0.29) is 48.0 Å². The number of piperazine rings is 2. The first-order chi connectivity index (χ1) is 27.5. The van der Waals surface area contributed by atoms with Gasteiger partial charge in [-0.3, -0.25) is 24.6 Å². The highest BCUT2D eigenvalue weighted by atomic mass is 19.1. The maximum Gasteiger partial charge on any atom is 0.320 e. The van der Waals surface area contributed by atoms with Crippen LogP contribution in [0.15, 0.2) is 42.5 Å². The average molecular weight is 781 g/mol. The molecule has 4 fully saturated rings. The first-order valence-electron chi connectivity index (χ1n) is 20.2. The molecule has 6 aliphatic rings. The average Bonchev–Trinajstić information content (AvgIpc) is 3.53. The number of hydrogen-bond acceptors (Lipinski definition) is 11. The van der Waals surface area contributed by atoms with Crippen molar-refractivity contribution in [1.29, 1.82) is 0 Å². The number of imide groups is 1. The molecule has 0 saturated carbocycles. The van der Waals surface area contributed by atoms with Gasteiger partial charge in [0.05, 0.1) is 17.4 Å². The number of phenols is 1. The molecule has 3 N–H and O–H groups in total. The van der Waals surface area contributed by atoms with Gasteiger partial charge in [-0.05, 0) is 74.9 Å². The molecule has 4 saturated heterocycles. The molecule has 0 aliphatic carbocycles. The predicted molar refractivity (Wildman–Crippen MR) is 210 cm³/mol. The van der Waals surface area contributed by atoms with E-state index in [1.807, 2.05) is 23.1 Å². The lowest BCUT2D eigenvalue weighted by Gasteiger charge is -2.50. The molecule has 3 aromatic rings. The van der Waals surface area contributed by atoms with Crippen LogP contribution in [0.25, 0.3) is 11.3 Å². The molecular formula is C41H49FN10O5. The molecule has 15 nitrogen and oxygen atoms in total. The number of nitrogens with one attached hydrogen (secondary N) is 2. The monoisotopic (exact) mass is 780 g/mol. The summed E-state index contributed by atoms with van der Waals surface area (Å²) in [7, 11) is 0. The van der Waals surface area contributed by atoms with Crippen LogP contribution in [0.1, 0.15) is 55.5 Å². The number of carbonyl (C=O) groups is 4. The molecule has 0 unspecified atom stereocenters. The van der Waals surface area contributed by atoms with Crippen molar-refractivity contribution in [2.45, 2.75) is 70.2 Å². The van der Waals surface area contributed by atoms with Gasteiger partial charge in [-0.2, -0.15) is 0 Å². The summed E-state index contributed by atoms with van der Waals surface area (Å²) < 4.78 is 14.1. The number of piperidine rings is 2. The van der Waals surface area contributed by atoms with Crippen LogP contribution in [0.4, 0.5) is 26.4 Å². The van der Waals surface area contributed by atoms with Gasteiger partial charge in [-0.1, -0.05) is 12.1 Å². The fourth-order valence-corrected chi connectivity index (χ4v) is 9.92. The van der Waals surface area contributed by atoms with E-state index in [9.17, 15) is 28.7 Å². The van der Waals surface area contributed by atoms with Gasteiger partial charge in [0.2, 0.25) is 11.8 Å². The van der Waals surface area contributed by atoms with Crippen molar-refractivity contribution in [3.63, 3.8) is 0 Å². The van der Waals surface area contributed by atoms with Gasteiger partial charge in [0.15, 0.2) is 17.4 Å². The minimum atomic E-state index is -0.712. The number of anilines is 3. The standard InChI is InChI=1S/C41H49FN10O5/c1-24-19-47(21-26-10-12-48(13-11-26)28-7-6-27-22-51(40(56)31(27)16-28)34-8-9-36(53)44-39(34)55)20-25(2)52(24)41(57)49-14-15-50-29(23-49)18-43-38-35(50)17-33(45-46-38)30-4-3-5-32(42)37(30)54/h3-7,16-17,24-26,29,34,54H,8-15,18-23H2,1-2H3,(H,43,46)(H,44,53,55)/t24-,25+,29-,34-/m1/s1. The molecule has 2 aromatic carbocycles. The minimum Gasteiger partial charge on any atom is -0.504 e. The molecule has 0 radical (unpaired) electrons. The Morgan fingerprint density at radius 1 is 0.912 bits per heavy atom. The van der Waals surface area contributed by atoms with Crippen molar-refractivity contribution >= 4 is 40.9 Å². The Morgan fingerprint density at radius 3 is 2.47 bits per heavy atom. The van der Waals surface area contributed by atoms with Gasteiger partial charge in [-0.15, -0.1) is 10.2 Å². The summed E-state index contributed by atoms with van der Waals surface area (Å²) in [6.07, 6.45) is 2.67. The molecule has 0 bridgehead atoms. The van der Waals surface area contributed by atoms with E-state index in [4.69, 9.17) is 0 Å². The highest BCUT2D eigenvalue weighted by Crippen LogP contribution is 2.38. The minimum absolute atomic E-state index is 0.0240. The van der Waals surface area contributed by atoms with E-state index in [2.05, 4.69) is 60.3 Å². The third-order valence-corrected chi connectivity index (χ3v) is 12.8. The Hall–Kier alpha value is -5.51. The van der Waals surface area contributed by atoms with Gasteiger partial charge >= 0.3 is 6.03 Å². The van der Waals surface area contributed by atoms with Crippen LogP contribution in [-0.4, -0.2) is 142 Å². The zero-order chi connectivity index (χ0) is 39.5. The predicted octanol–water partition coefficient (Wildman–Crippen LogP) is 3.10. The third kappa shape index (κ3) is 6.87. The number of rotatable bonds is 5. The Labute approximate surface area is 330 Å². The summed E-state index contributed by atoms with van der Waals surface area (Å²) in [5, 5.41) is 24.6. The number of fused-ring (bicyclic) bond motifs is 4. The smallest absolute Gasteiger partial charge is 0.320 e. The van der Waals surface area contributed by atoms with Gasteiger partial charge in [-0.25, -0.2) is 9.18 Å². The van der Waals surface area contributed by atoms with Crippen LogP contribution >= 0.6 is 0 Å². The van der Waals surface area contributed by atoms with Gasteiger partial charge < -0.3 is 34.9 Å². The number of nitrogens with zero attached hydrogens (tertiary/aromatic N) is 8. The van der Waals surface area contributed by atoms with Gasteiger partial charge in [0, 0.05) is 101 Å². The van der Waals surface area contributed by atoms with E-state index in [0.717, 1.165) is 62.5 Å². The number of benzene rings is 2. The van der Waals surface area contributed by atoms with E-state index in [0.29, 0.717) is 62.1 Å². The van der Waals surface area contributed by atoms with Crippen LogP contribution in [0.3, 0.4) is 0 Å². The van der Waals surface area contributed by atoms with Crippen LogP contribution in [0.2, 0.25) is 0 Å². The molecule has 9 rings (SSSR count). The Morgan fingerprint density at radius 2 is 1.70 bits per heavy atom. The summed E-state index contributed by atoms with van der Waals surface area (Å²) in [5.41, 5.74) is 4.08. The van der Waals surface area contributed by atoms with E-state index >= 15 is 0 Å². The Kier molecular flexibility index (Phi) is 9.61. The van der Waals surface area contributed by atoms with E-state index in [1.54, 1.807) is 11.0 Å². The highest BCUT2D eigenvalue weighted by Gasteiger charge is 2.42. The fourth-order valence-electron chi connectivity index (χ4n) is 9.92. The van der Waals surface area contributed by atoms with Crippen molar-refractivity contribution in [1.82, 2.24) is 35.1 Å². The molecule has 6 aliphatic heterocycles. The molecule has 1 aromatic heterocycles. The van der Waals surface area contributed by atoms with Crippen molar-refractivity contribution < 1.29 is 28.7 Å². The zero-order valence-electron chi connectivity index (χ0n) is 32.4. The maximum absolute atomic E-state index is 14.1. The van der Waals surface area contributed by atoms with Gasteiger partial charge in [0.1, 0.15) is 6.04 Å². The number of para-hydroxylation sites is 1. The Balaban J connectivity index is 0.771. The topological polar surface area (TPSA) is 158 Å². The van der Waals surface area contributed by atoms with Crippen molar-refractivity contribution in [2.75, 3.05) is 74.0 Å². The maximum atomic E-state index is 14.1. The van der Waals surface area contributed by atoms with Crippen molar-refractivity contribution in [2.24, 2.45) is 5.92 Å². The summed E-state index contributed by atoms with van der Waals surface area (Å²) in [4.78, 5) is 64.4. The van der Waals surface area contributed by atoms with E-state index < -0.39 is 23.5 Å². The number of aromatic nitrogens is 2. The molecule has 4 atom stereocenters. The molecule has 16 heteroatoms. The quantitative estimate of drug-likeness (QED) is 0.327. The first kappa shape index (κ1) is 37.1. The van der Waals surface area contributed by atoms with Crippen LogP contribution in [0.5, 0.6) is 5.75 Å². The molecule has 57 heavy (non-hydrogen) atoms. The summed E-state index contributed by atoms with van der Waals surface area (Å²) in [6, 6.07) is 11.8. The molecule has 300 valence electrons. The number of phenolic OH excluding ortho intramolecular Hbond substituents is 1. The lowest BCUT2D eigenvalue weighted by molar-refractivity contribution is -0.136. The highest BCUT2D eigenvalue weighted by molar-refractivity contribution is 6.05. The summed E-state index contributed by atoms with van der Waals surface area (Å²) >= 11 is 0. The SMILES string of the molecule is C[C@@H]1CN(CC2CCN(c3ccc4c(c3)C(=O)N([C@@H]3CCC(=O)NC3=O)C4)CC2)C[C@H](C)N1C(=O)N1CCN2c3cc(-c4cccc(F)c4O)nnc3NC[C@@H]2C1. The van der Waals surface area contributed by atoms with Crippen LogP contribution < -0.4 is 20.4 Å². The lowest BCUT2D eigenvalue weighted by Crippen LogP contribution is -2.65. The number of carbonyl (C=O) groups excluding carboxylic acids is 4. The molecule has 7 heterocycles. The first-order valence-corrected chi connectivity index (χ1v) is 20.2. The third-order valence-electron chi connectivity index (χ3n) is 12.8. The molecule has 0 spiro atoms. The number of hydrogen-bond donors (Lipinski definition) is 3. The number of halogens is 1. The van der Waals surface area contributed by atoms with Crippen LogP contribution in [0, 0.1) is 11.7 Å². The molecular weight excluding hydrogens is 732 g/mol. The van der Waals surface area contributed by atoms with Crippen molar-refractivity contribution in [3.8, 4) is 17.0 Å². The summed E-state index contributed by atoms with van der Waals surface area (Å²) in [5.74, 6) is -0.826. The fraction of sp³-hybridized carbons (Fsp3) is 0.512. The lowest BCUT2D eigenvalue weighted by atomic mass is 9.94. The molecule has 5 amide bonds. The number of amides is 5. The summed E-state index contributed by atoms with van der Waals surface area (Å²) in [6.45, 7) is 11.4. The second-order valence-corrected chi connectivity index (χ2v) is 16.6. The second kappa shape index (κ2) is 14.8. The Bertz CT molecular complexity index is 2100. The number of aromatic hydroxyl groups is 1. The largest absolute Gasteiger partial charge is 0.504 e. The van der Waals surface area contributed by atoms with E-state index in [1.165, 1.54) is 12.1 Å². The normalized spacial score (nSPS) is 25.5.